The van der Waals surface area contributed by atoms with Gasteiger partial charge < -0.3 is 4.74 Å². The van der Waals surface area contributed by atoms with Crippen LogP contribution in [-0.4, -0.2) is 47.4 Å². The molecule has 5 nitrogen and oxygen atoms in total. The van der Waals surface area contributed by atoms with E-state index in [1.54, 1.807) is 18.2 Å². The number of carbonyl (C=O) groups is 2. The highest BCUT2D eigenvalue weighted by molar-refractivity contribution is 9.10. The van der Waals surface area contributed by atoms with Crippen molar-refractivity contribution in [3.05, 3.63) is 33.8 Å². The number of carbonyl (C=O) groups excluding carboxylic acids is 2. The Kier molecular flexibility index (Phi) is 5.19. The topological polar surface area (TPSA) is 49.9 Å². The standard InChI is InChI=1S/C16H13BrN2O3S/c1-4-7-22-13-6-5-10(9-12(13)17)8-11-14(20)18(2)16(23)19(3)15(11)21/h1,5-6,8-9H,7H2,2-3H3. The molecule has 23 heavy (non-hydrogen) atoms. The van der Waals surface area contributed by atoms with E-state index in [2.05, 4.69) is 21.9 Å². The Balaban J connectivity index is 2.35. The summed E-state index contributed by atoms with van der Waals surface area (Å²) in [7, 11) is 3.07. The molecule has 0 saturated carbocycles. The summed E-state index contributed by atoms with van der Waals surface area (Å²) in [6, 6.07) is 5.19. The predicted molar refractivity (Wildman–Crippen MR) is 94.6 cm³/mol. The fourth-order valence-corrected chi connectivity index (χ4v) is 2.66. The van der Waals surface area contributed by atoms with Gasteiger partial charge in [-0.2, -0.15) is 0 Å². The van der Waals surface area contributed by atoms with Crippen LogP contribution in [0, 0.1) is 12.3 Å². The van der Waals surface area contributed by atoms with Crippen molar-refractivity contribution >= 4 is 51.2 Å². The normalized spacial score (nSPS) is 14.9. The molecule has 0 bridgehead atoms. The number of terminal acetylenes is 1. The van der Waals surface area contributed by atoms with Gasteiger partial charge in [0.2, 0.25) is 0 Å². The number of likely N-dealkylation sites (N-methyl/N-ethyl adjacent to an activating group) is 2. The molecule has 1 aliphatic heterocycles. The molecule has 2 rings (SSSR count). The van der Waals surface area contributed by atoms with Crippen LogP contribution in [0.2, 0.25) is 0 Å². The lowest BCUT2D eigenvalue weighted by Crippen LogP contribution is -2.52. The third-order valence-corrected chi connectivity index (χ3v) is 4.39. The van der Waals surface area contributed by atoms with E-state index in [-0.39, 0.29) is 17.3 Å². The van der Waals surface area contributed by atoms with Crippen molar-refractivity contribution in [2.75, 3.05) is 20.7 Å². The van der Waals surface area contributed by atoms with Gasteiger partial charge in [0.15, 0.2) is 5.11 Å². The molecule has 1 aliphatic rings. The van der Waals surface area contributed by atoms with E-state index in [1.165, 1.54) is 30.0 Å². The number of benzene rings is 1. The summed E-state index contributed by atoms with van der Waals surface area (Å²) in [4.78, 5) is 27.0. The zero-order valence-corrected chi connectivity index (χ0v) is 14.9. The first-order valence-electron chi connectivity index (χ1n) is 6.54. The van der Waals surface area contributed by atoms with Gasteiger partial charge in [0.25, 0.3) is 11.8 Å². The number of amides is 2. The van der Waals surface area contributed by atoms with Crippen LogP contribution in [-0.2, 0) is 9.59 Å². The molecule has 2 amide bonds. The smallest absolute Gasteiger partial charge is 0.265 e. The Hall–Kier alpha value is -2.17. The van der Waals surface area contributed by atoms with E-state index in [1.807, 2.05) is 0 Å². The molecule has 118 valence electrons. The predicted octanol–water partition coefficient (Wildman–Crippen LogP) is 2.06. The summed E-state index contributed by atoms with van der Waals surface area (Å²) in [5.74, 6) is 2.11. The fraction of sp³-hybridized carbons (Fsp3) is 0.188. The molecule has 0 radical (unpaired) electrons. The minimum atomic E-state index is -0.429. The monoisotopic (exact) mass is 392 g/mol. The summed E-state index contributed by atoms with van der Waals surface area (Å²) in [5, 5.41) is 0.177. The van der Waals surface area contributed by atoms with Crippen molar-refractivity contribution in [3.8, 4) is 18.1 Å². The SMILES string of the molecule is C#CCOc1ccc(C=C2C(=O)N(C)C(=S)N(C)C2=O)cc1Br. The van der Waals surface area contributed by atoms with Gasteiger partial charge in [0.05, 0.1) is 4.47 Å². The Labute approximate surface area is 148 Å². The zero-order chi connectivity index (χ0) is 17.1. The summed E-state index contributed by atoms with van der Waals surface area (Å²) in [6.07, 6.45) is 6.68. The van der Waals surface area contributed by atoms with Crippen molar-refractivity contribution in [3.63, 3.8) is 0 Å². The second kappa shape index (κ2) is 6.94. The summed E-state index contributed by atoms with van der Waals surface area (Å²) >= 11 is 8.42. The maximum atomic E-state index is 12.3. The highest BCUT2D eigenvalue weighted by Crippen LogP contribution is 2.27. The number of rotatable bonds is 3. The van der Waals surface area contributed by atoms with E-state index >= 15 is 0 Å². The Morgan fingerprint density at radius 1 is 1.30 bits per heavy atom. The second-order valence-corrected chi connectivity index (χ2v) is 5.97. The number of hydrogen-bond donors (Lipinski definition) is 0. The molecule has 1 saturated heterocycles. The van der Waals surface area contributed by atoms with Crippen LogP contribution in [0.1, 0.15) is 5.56 Å². The van der Waals surface area contributed by atoms with Crippen LogP contribution < -0.4 is 4.74 Å². The molecular formula is C16H13BrN2O3S. The number of nitrogens with zero attached hydrogens (tertiary/aromatic N) is 2. The molecule has 0 aromatic heterocycles. The molecule has 0 N–H and O–H groups in total. The average molecular weight is 393 g/mol. The summed E-state index contributed by atoms with van der Waals surface area (Å²) in [6.45, 7) is 0.156. The quantitative estimate of drug-likeness (QED) is 0.342. The third kappa shape index (κ3) is 3.44. The van der Waals surface area contributed by atoms with Crippen LogP contribution in [0.3, 0.4) is 0 Å². The Morgan fingerprint density at radius 2 is 1.91 bits per heavy atom. The first kappa shape index (κ1) is 17.2. The van der Waals surface area contributed by atoms with E-state index in [9.17, 15) is 9.59 Å². The van der Waals surface area contributed by atoms with Gasteiger partial charge in [-0.3, -0.25) is 19.4 Å². The van der Waals surface area contributed by atoms with Crippen LogP contribution in [0.4, 0.5) is 0 Å². The molecule has 1 heterocycles. The lowest BCUT2D eigenvalue weighted by molar-refractivity contribution is -0.132. The molecule has 0 spiro atoms. The average Bonchev–Trinajstić information content (AvgIpc) is 2.54. The first-order valence-corrected chi connectivity index (χ1v) is 7.74. The molecular weight excluding hydrogens is 380 g/mol. The van der Waals surface area contributed by atoms with Gasteiger partial charge in [0, 0.05) is 14.1 Å². The molecule has 0 unspecified atom stereocenters. The Morgan fingerprint density at radius 3 is 2.43 bits per heavy atom. The summed E-state index contributed by atoms with van der Waals surface area (Å²) < 4.78 is 6.03. The van der Waals surface area contributed by atoms with Gasteiger partial charge in [-0.1, -0.05) is 12.0 Å². The lowest BCUT2D eigenvalue weighted by atomic mass is 10.1. The van der Waals surface area contributed by atoms with Crippen LogP contribution in [0.25, 0.3) is 6.08 Å². The highest BCUT2D eigenvalue weighted by Gasteiger charge is 2.35. The van der Waals surface area contributed by atoms with Crippen molar-refractivity contribution in [1.29, 1.82) is 0 Å². The van der Waals surface area contributed by atoms with E-state index in [4.69, 9.17) is 23.4 Å². The molecule has 1 fully saturated rings. The van der Waals surface area contributed by atoms with Crippen molar-refractivity contribution in [2.45, 2.75) is 0 Å². The van der Waals surface area contributed by atoms with Crippen LogP contribution in [0.5, 0.6) is 5.75 Å². The highest BCUT2D eigenvalue weighted by atomic mass is 79.9. The lowest BCUT2D eigenvalue weighted by Gasteiger charge is -2.31. The van der Waals surface area contributed by atoms with Crippen LogP contribution >= 0.6 is 28.1 Å². The molecule has 0 aliphatic carbocycles. The van der Waals surface area contributed by atoms with Gasteiger partial charge in [0.1, 0.15) is 17.9 Å². The molecule has 1 aromatic rings. The van der Waals surface area contributed by atoms with E-state index < -0.39 is 11.8 Å². The Bertz CT molecular complexity index is 741. The van der Waals surface area contributed by atoms with Crippen molar-refractivity contribution in [1.82, 2.24) is 9.80 Å². The second-order valence-electron chi connectivity index (χ2n) is 4.75. The maximum Gasteiger partial charge on any atom is 0.265 e. The third-order valence-electron chi connectivity index (χ3n) is 3.22. The van der Waals surface area contributed by atoms with Gasteiger partial charge in [-0.05, 0) is 51.9 Å². The van der Waals surface area contributed by atoms with E-state index in [0.717, 1.165) is 0 Å². The minimum Gasteiger partial charge on any atom is -0.480 e. The van der Waals surface area contributed by atoms with Crippen molar-refractivity contribution in [2.24, 2.45) is 0 Å². The van der Waals surface area contributed by atoms with E-state index in [0.29, 0.717) is 15.8 Å². The first-order chi connectivity index (χ1) is 10.9. The number of thiocarbonyl (C=S) groups is 1. The zero-order valence-electron chi connectivity index (χ0n) is 12.5. The molecule has 1 aromatic carbocycles. The molecule has 7 heteroatoms. The molecule has 0 atom stereocenters. The minimum absolute atomic E-state index is 0.0489. The number of halogens is 1. The van der Waals surface area contributed by atoms with Crippen LogP contribution in [0.15, 0.2) is 28.2 Å². The fourth-order valence-electron chi connectivity index (χ4n) is 1.99. The number of ether oxygens (including phenoxy) is 1. The largest absolute Gasteiger partial charge is 0.480 e. The number of hydrogen-bond acceptors (Lipinski definition) is 4. The maximum absolute atomic E-state index is 12.3. The summed E-state index contributed by atoms with van der Waals surface area (Å²) in [5.41, 5.74) is 0.726. The van der Waals surface area contributed by atoms with Gasteiger partial charge in [-0.25, -0.2) is 0 Å². The van der Waals surface area contributed by atoms with Gasteiger partial charge >= 0.3 is 0 Å². The van der Waals surface area contributed by atoms with Crippen molar-refractivity contribution < 1.29 is 14.3 Å². The van der Waals surface area contributed by atoms with Gasteiger partial charge in [-0.15, -0.1) is 6.42 Å².